The number of benzene rings is 2. The highest BCUT2D eigenvalue weighted by molar-refractivity contribution is 7.79. The minimum absolute atomic E-state index is 0.0622. The summed E-state index contributed by atoms with van der Waals surface area (Å²) in [5.74, 6) is -0.0797. The zero-order valence-corrected chi connectivity index (χ0v) is 14.8. The highest BCUT2D eigenvalue weighted by Gasteiger charge is 2.26. The molecule has 2 atom stereocenters. The Bertz CT molecular complexity index is 858. The van der Waals surface area contributed by atoms with E-state index < -0.39 is 11.1 Å². The topological polar surface area (TPSA) is 86.3 Å². The van der Waals surface area contributed by atoms with E-state index in [2.05, 4.69) is 5.32 Å². The summed E-state index contributed by atoms with van der Waals surface area (Å²) in [5, 5.41) is 3.27. The Morgan fingerprint density at radius 2 is 1.88 bits per heavy atom. The fourth-order valence-corrected chi connectivity index (χ4v) is 3.33. The van der Waals surface area contributed by atoms with Crippen LogP contribution in [0, 0.1) is 5.92 Å². The number of fused-ring (bicyclic) bond motifs is 1. The summed E-state index contributed by atoms with van der Waals surface area (Å²) in [6.07, 6.45) is 0.236. The monoisotopic (exact) mass is 356 g/mol. The van der Waals surface area contributed by atoms with E-state index in [1.54, 1.807) is 18.2 Å². The van der Waals surface area contributed by atoms with Crippen LogP contribution in [0.25, 0.3) is 0 Å². The van der Waals surface area contributed by atoms with Crippen LogP contribution in [-0.2, 0) is 11.1 Å². The first-order valence-electron chi connectivity index (χ1n) is 8.04. The van der Waals surface area contributed by atoms with Gasteiger partial charge in [0.2, 0.25) is 0 Å². The van der Waals surface area contributed by atoms with E-state index in [9.17, 15) is 18.4 Å². The van der Waals surface area contributed by atoms with E-state index in [1.807, 2.05) is 26.0 Å². The van der Waals surface area contributed by atoms with Crippen molar-refractivity contribution in [3.63, 3.8) is 0 Å². The summed E-state index contributed by atoms with van der Waals surface area (Å²) in [6, 6.07) is 11.5. The first kappa shape index (κ1) is 17.5. The standard InChI is InChI=1S/C19H19NO4S/c1-11(2)19(22)13-5-3-12(4-6-13)17-10-18(21)15-9-14(25(23)24)7-8-16(15)20-17/h3-9,11,17,20H,10H2,1-2H3,(H,23,24)/p-1. The molecule has 1 N–H and O–H groups in total. The number of rotatable bonds is 4. The fraction of sp³-hybridized carbons (Fsp3) is 0.263. The van der Waals surface area contributed by atoms with Gasteiger partial charge in [-0.05, 0) is 34.8 Å². The van der Waals surface area contributed by atoms with Gasteiger partial charge in [-0.1, -0.05) is 38.1 Å². The highest BCUT2D eigenvalue weighted by Crippen LogP contribution is 2.33. The molecular formula is C19H18NO4S-. The van der Waals surface area contributed by atoms with Gasteiger partial charge < -0.3 is 9.87 Å². The van der Waals surface area contributed by atoms with E-state index in [-0.39, 0.29) is 34.8 Å². The maximum Gasteiger partial charge on any atom is 0.167 e. The second-order valence-electron chi connectivity index (χ2n) is 6.41. The van der Waals surface area contributed by atoms with Gasteiger partial charge in [-0.15, -0.1) is 0 Å². The van der Waals surface area contributed by atoms with E-state index in [0.717, 1.165) is 5.56 Å². The molecule has 130 valence electrons. The first-order chi connectivity index (χ1) is 11.9. The molecule has 0 saturated heterocycles. The van der Waals surface area contributed by atoms with Gasteiger partial charge in [0.05, 0.1) is 6.04 Å². The molecule has 0 radical (unpaired) electrons. The predicted octanol–water partition coefficient (Wildman–Crippen LogP) is 3.50. The van der Waals surface area contributed by atoms with Crippen LogP contribution in [-0.4, -0.2) is 20.3 Å². The Kier molecular flexibility index (Phi) is 4.83. The number of hydrogen-bond acceptors (Lipinski definition) is 5. The van der Waals surface area contributed by atoms with Crippen LogP contribution in [0.5, 0.6) is 0 Å². The van der Waals surface area contributed by atoms with E-state index in [4.69, 9.17) is 0 Å². The van der Waals surface area contributed by atoms with Crippen LogP contribution < -0.4 is 5.32 Å². The first-order valence-corrected chi connectivity index (χ1v) is 9.11. The minimum Gasteiger partial charge on any atom is -0.768 e. The third kappa shape index (κ3) is 3.55. The number of anilines is 1. The molecule has 1 aliphatic rings. The van der Waals surface area contributed by atoms with Crippen LogP contribution >= 0.6 is 0 Å². The lowest BCUT2D eigenvalue weighted by Crippen LogP contribution is -2.23. The van der Waals surface area contributed by atoms with Crippen molar-refractivity contribution in [1.29, 1.82) is 0 Å². The van der Waals surface area contributed by atoms with E-state index in [1.165, 1.54) is 12.1 Å². The number of ketones is 2. The Morgan fingerprint density at radius 3 is 2.48 bits per heavy atom. The fourth-order valence-electron chi connectivity index (χ4n) is 2.93. The second kappa shape index (κ2) is 6.90. The van der Waals surface area contributed by atoms with Crippen molar-refractivity contribution >= 4 is 28.3 Å². The molecule has 0 spiro atoms. The van der Waals surface area contributed by atoms with Crippen molar-refractivity contribution in [3.8, 4) is 0 Å². The molecule has 5 nitrogen and oxygen atoms in total. The molecule has 0 bridgehead atoms. The molecular weight excluding hydrogens is 338 g/mol. The summed E-state index contributed by atoms with van der Waals surface area (Å²) in [4.78, 5) is 24.5. The highest BCUT2D eigenvalue weighted by atomic mass is 32.2. The van der Waals surface area contributed by atoms with Gasteiger partial charge in [0.15, 0.2) is 11.6 Å². The molecule has 1 aliphatic heterocycles. The Hall–Kier alpha value is -2.31. The number of carbonyl (C=O) groups is 2. The molecule has 3 rings (SSSR count). The van der Waals surface area contributed by atoms with Crippen LogP contribution in [0.15, 0.2) is 47.4 Å². The normalized spacial score (nSPS) is 17.8. The number of Topliss-reactive ketones (excluding diaryl/α,β-unsaturated/α-hetero) is 2. The van der Waals surface area contributed by atoms with Gasteiger partial charge in [-0.3, -0.25) is 13.8 Å². The van der Waals surface area contributed by atoms with Crippen molar-refractivity contribution < 1.29 is 18.4 Å². The Morgan fingerprint density at radius 1 is 1.20 bits per heavy atom. The van der Waals surface area contributed by atoms with Gasteiger partial charge in [-0.2, -0.15) is 0 Å². The molecule has 1 heterocycles. The van der Waals surface area contributed by atoms with Gasteiger partial charge in [0.25, 0.3) is 0 Å². The molecule has 25 heavy (non-hydrogen) atoms. The van der Waals surface area contributed by atoms with Crippen molar-refractivity contribution in [2.75, 3.05) is 5.32 Å². The molecule has 0 fully saturated rings. The summed E-state index contributed by atoms with van der Waals surface area (Å²) < 4.78 is 22.1. The lowest BCUT2D eigenvalue weighted by Gasteiger charge is -2.27. The largest absolute Gasteiger partial charge is 0.768 e. The Balaban J connectivity index is 1.85. The molecule has 0 aromatic heterocycles. The predicted molar refractivity (Wildman–Crippen MR) is 94.5 cm³/mol. The lowest BCUT2D eigenvalue weighted by atomic mass is 9.91. The zero-order valence-electron chi connectivity index (χ0n) is 13.9. The molecule has 2 aromatic rings. The van der Waals surface area contributed by atoms with Crippen molar-refractivity contribution in [2.45, 2.75) is 31.2 Å². The molecule has 2 unspecified atom stereocenters. The van der Waals surface area contributed by atoms with Gasteiger partial charge >= 0.3 is 0 Å². The van der Waals surface area contributed by atoms with Crippen LogP contribution in [0.1, 0.15) is 52.6 Å². The van der Waals surface area contributed by atoms with Crippen molar-refractivity contribution in [3.05, 3.63) is 59.2 Å². The molecule has 0 aliphatic carbocycles. The number of hydrogen-bond donors (Lipinski definition) is 1. The molecule has 2 aromatic carbocycles. The Labute approximate surface area is 148 Å². The molecule has 6 heteroatoms. The average Bonchev–Trinajstić information content (AvgIpc) is 2.60. The number of carbonyl (C=O) groups excluding carboxylic acids is 2. The van der Waals surface area contributed by atoms with E-state index in [0.29, 0.717) is 16.8 Å². The summed E-state index contributed by atoms with van der Waals surface area (Å²) in [7, 11) is 0. The molecule has 0 saturated carbocycles. The van der Waals surface area contributed by atoms with Crippen LogP contribution in [0.3, 0.4) is 0 Å². The van der Waals surface area contributed by atoms with Crippen molar-refractivity contribution in [1.82, 2.24) is 0 Å². The minimum atomic E-state index is -2.36. The van der Waals surface area contributed by atoms with E-state index >= 15 is 0 Å². The van der Waals surface area contributed by atoms with Gasteiger partial charge in [0.1, 0.15) is 0 Å². The van der Waals surface area contributed by atoms with Crippen molar-refractivity contribution in [2.24, 2.45) is 5.92 Å². The second-order valence-corrected chi connectivity index (χ2v) is 7.35. The average molecular weight is 356 g/mol. The van der Waals surface area contributed by atoms with Crippen LogP contribution in [0.2, 0.25) is 0 Å². The quantitative estimate of drug-likeness (QED) is 0.669. The maximum absolute atomic E-state index is 12.4. The SMILES string of the molecule is CC(C)C(=O)c1ccc(C2CC(=O)c3cc(S(=O)[O-])ccc3N2)cc1. The smallest absolute Gasteiger partial charge is 0.167 e. The third-order valence-electron chi connectivity index (χ3n) is 4.33. The third-order valence-corrected chi connectivity index (χ3v) is 4.96. The summed E-state index contributed by atoms with van der Waals surface area (Å²) in [5.41, 5.74) is 2.59. The number of nitrogens with one attached hydrogen (secondary N) is 1. The van der Waals surface area contributed by atoms with Gasteiger partial charge in [-0.25, -0.2) is 0 Å². The lowest BCUT2D eigenvalue weighted by molar-refractivity contribution is 0.0937. The summed E-state index contributed by atoms with van der Waals surface area (Å²) in [6.45, 7) is 3.72. The van der Waals surface area contributed by atoms with Gasteiger partial charge in [0, 0.05) is 34.0 Å². The zero-order chi connectivity index (χ0) is 18.1. The molecule has 0 amide bonds. The summed E-state index contributed by atoms with van der Waals surface area (Å²) >= 11 is -2.36. The maximum atomic E-state index is 12.4. The van der Waals surface area contributed by atoms with Crippen LogP contribution in [0.4, 0.5) is 5.69 Å².